The molecule has 0 bridgehead atoms. The fourth-order valence-corrected chi connectivity index (χ4v) is 5.58. The number of aliphatic hydroxyl groups is 1. The molecule has 46 heavy (non-hydrogen) atoms. The Morgan fingerprint density at radius 2 is 1.15 bits per heavy atom. The molecule has 3 atom stereocenters. The summed E-state index contributed by atoms with van der Waals surface area (Å²) in [7, 11) is 0. The Bertz CT molecular complexity index is 804. The molecule has 2 unspecified atom stereocenters. The van der Waals surface area contributed by atoms with Gasteiger partial charge < -0.3 is 19.3 Å². The molecule has 0 aromatic rings. The molecule has 1 saturated heterocycles. The van der Waals surface area contributed by atoms with Gasteiger partial charge in [0, 0.05) is 12.8 Å². The van der Waals surface area contributed by atoms with Gasteiger partial charge in [-0.15, -0.1) is 0 Å². The Morgan fingerprint density at radius 1 is 0.630 bits per heavy atom. The molecule has 0 saturated carbocycles. The maximum Gasteiger partial charge on any atom is 0.306 e. The van der Waals surface area contributed by atoms with E-state index in [-0.39, 0.29) is 25.2 Å². The summed E-state index contributed by atoms with van der Waals surface area (Å²) in [4.78, 5) is 24.2. The second kappa shape index (κ2) is 31.7. The number of ether oxygens (including phenoxy) is 3. The van der Waals surface area contributed by atoms with Gasteiger partial charge in [-0.05, 0) is 44.9 Å². The van der Waals surface area contributed by atoms with Gasteiger partial charge >= 0.3 is 11.9 Å². The van der Waals surface area contributed by atoms with Crippen LogP contribution in [0.2, 0.25) is 0 Å². The molecule has 0 aromatic heterocycles. The Balaban J connectivity index is 1.92. The average molecular weight is 647 g/mol. The number of hydrogen-bond acceptors (Lipinski definition) is 6. The minimum Gasteiger partial charge on any atom is -0.462 e. The molecule has 6 nitrogen and oxygen atoms in total. The molecule has 0 spiro atoms. The SMILES string of the molecule is CCCCCCCCCCCCCCCCC(=O)O[C@@H](CO)COC(=O)CCC/C=C\C/C=C\C/C=C\CC1OC1CCCCC. The summed E-state index contributed by atoms with van der Waals surface area (Å²) in [6.07, 6.45) is 40.9. The first-order valence-corrected chi connectivity index (χ1v) is 19.2. The normalized spacial score (nSPS) is 16.9. The van der Waals surface area contributed by atoms with E-state index < -0.39 is 6.10 Å². The number of rotatable bonds is 33. The molecular weight excluding hydrogens is 576 g/mol. The summed E-state index contributed by atoms with van der Waals surface area (Å²) in [6.45, 7) is 4.05. The van der Waals surface area contributed by atoms with E-state index >= 15 is 0 Å². The van der Waals surface area contributed by atoms with Gasteiger partial charge in [-0.1, -0.05) is 153 Å². The minimum absolute atomic E-state index is 0.0951. The van der Waals surface area contributed by atoms with Crippen molar-refractivity contribution in [2.45, 2.75) is 193 Å². The first-order chi connectivity index (χ1) is 22.6. The largest absolute Gasteiger partial charge is 0.462 e. The molecule has 0 aliphatic carbocycles. The number of carbonyl (C=O) groups is 2. The zero-order valence-corrected chi connectivity index (χ0v) is 29.8. The molecule has 0 aromatic carbocycles. The van der Waals surface area contributed by atoms with Crippen molar-refractivity contribution < 1.29 is 28.9 Å². The van der Waals surface area contributed by atoms with Crippen molar-refractivity contribution >= 4 is 11.9 Å². The maximum atomic E-state index is 12.1. The predicted molar refractivity (Wildman–Crippen MR) is 191 cm³/mol. The van der Waals surface area contributed by atoms with Crippen LogP contribution in [-0.2, 0) is 23.8 Å². The maximum absolute atomic E-state index is 12.1. The van der Waals surface area contributed by atoms with Gasteiger partial charge in [-0.2, -0.15) is 0 Å². The quantitative estimate of drug-likeness (QED) is 0.0330. The molecule has 266 valence electrons. The van der Waals surface area contributed by atoms with E-state index in [2.05, 4.69) is 50.3 Å². The van der Waals surface area contributed by atoms with Gasteiger partial charge in [0.2, 0.25) is 0 Å². The number of unbranched alkanes of at least 4 members (excludes halogenated alkanes) is 16. The van der Waals surface area contributed by atoms with E-state index in [0.29, 0.717) is 31.5 Å². The Labute approximate surface area is 282 Å². The van der Waals surface area contributed by atoms with Crippen LogP contribution < -0.4 is 0 Å². The van der Waals surface area contributed by atoms with E-state index in [4.69, 9.17) is 14.2 Å². The van der Waals surface area contributed by atoms with Crippen LogP contribution in [0.4, 0.5) is 0 Å². The predicted octanol–water partition coefficient (Wildman–Crippen LogP) is 10.7. The Kier molecular flexibility index (Phi) is 29.0. The smallest absolute Gasteiger partial charge is 0.306 e. The van der Waals surface area contributed by atoms with Crippen molar-refractivity contribution in [1.82, 2.24) is 0 Å². The number of hydrogen-bond donors (Lipinski definition) is 1. The van der Waals surface area contributed by atoms with Crippen molar-refractivity contribution in [2.24, 2.45) is 0 Å². The third-order valence-corrected chi connectivity index (χ3v) is 8.61. The standard InChI is InChI=1S/C40H70O6/c1-3-5-7-8-9-10-11-12-13-14-19-22-25-29-33-40(43)45-36(34-41)35-44-39(42)32-28-24-21-18-16-15-17-20-23-27-31-38-37(46-38)30-26-6-4-2/h15,17-18,21,23,27,36-38,41H,3-14,16,19-20,22,24-26,28-35H2,1-2H3/b17-15-,21-18-,27-23-/t36-,37?,38?/m0/s1. The fourth-order valence-electron chi connectivity index (χ4n) is 5.58. The third-order valence-electron chi connectivity index (χ3n) is 8.61. The van der Waals surface area contributed by atoms with Crippen LogP contribution in [0.25, 0.3) is 0 Å². The van der Waals surface area contributed by atoms with Crippen LogP contribution in [-0.4, -0.2) is 48.6 Å². The second-order valence-corrected chi connectivity index (χ2v) is 13.0. The zero-order valence-electron chi connectivity index (χ0n) is 29.8. The number of esters is 2. The molecule has 0 radical (unpaired) electrons. The molecule has 1 N–H and O–H groups in total. The average Bonchev–Trinajstić information content (AvgIpc) is 3.81. The first-order valence-electron chi connectivity index (χ1n) is 19.2. The van der Waals surface area contributed by atoms with Crippen molar-refractivity contribution in [2.75, 3.05) is 13.2 Å². The summed E-state index contributed by atoms with van der Waals surface area (Å²) in [5, 5.41) is 9.53. The monoisotopic (exact) mass is 647 g/mol. The zero-order chi connectivity index (χ0) is 33.3. The van der Waals surface area contributed by atoms with Gasteiger partial charge in [-0.25, -0.2) is 0 Å². The van der Waals surface area contributed by atoms with E-state index in [0.717, 1.165) is 44.9 Å². The van der Waals surface area contributed by atoms with Crippen molar-refractivity contribution in [3.63, 3.8) is 0 Å². The van der Waals surface area contributed by atoms with Gasteiger partial charge in [0.05, 0.1) is 18.8 Å². The molecule has 1 aliphatic rings. The van der Waals surface area contributed by atoms with E-state index in [1.165, 1.54) is 96.3 Å². The van der Waals surface area contributed by atoms with Crippen LogP contribution in [0, 0.1) is 0 Å². The van der Waals surface area contributed by atoms with E-state index in [1.54, 1.807) is 0 Å². The third kappa shape index (κ3) is 27.2. The molecular formula is C40H70O6. The summed E-state index contributed by atoms with van der Waals surface area (Å²) in [5.74, 6) is -0.658. The lowest BCUT2D eigenvalue weighted by atomic mass is 10.0. The van der Waals surface area contributed by atoms with Crippen molar-refractivity contribution in [3.8, 4) is 0 Å². The highest BCUT2D eigenvalue weighted by atomic mass is 16.6. The summed E-state index contributed by atoms with van der Waals surface area (Å²) < 4.78 is 16.3. The molecule has 1 rings (SSSR count). The van der Waals surface area contributed by atoms with Crippen LogP contribution in [0.3, 0.4) is 0 Å². The summed E-state index contributed by atoms with van der Waals surface area (Å²) >= 11 is 0. The number of carbonyl (C=O) groups excluding carboxylic acids is 2. The lowest BCUT2D eigenvalue weighted by molar-refractivity contribution is -0.161. The molecule has 1 fully saturated rings. The fraction of sp³-hybridized carbons (Fsp3) is 0.800. The Morgan fingerprint density at radius 3 is 1.76 bits per heavy atom. The lowest BCUT2D eigenvalue weighted by Crippen LogP contribution is -2.28. The first kappa shape index (κ1) is 42.1. The van der Waals surface area contributed by atoms with Crippen LogP contribution in [0.15, 0.2) is 36.5 Å². The Hall–Kier alpha value is -1.92. The molecule has 1 heterocycles. The number of aliphatic hydroxyl groups excluding tert-OH is 1. The van der Waals surface area contributed by atoms with Gasteiger partial charge in [0.1, 0.15) is 6.61 Å². The molecule has 0 amide bonds. The number of allylic oxidation sites excluding steroid dienone is 5. The highest BCUT2D eigenvalue weighted by Crippen LogP contribution is 2.30. The van der Waals surface area contributed by atoms with Gasteiger partial charge in [0.25, 0.3) is 0 Å². The summed E-state index contributed by atoms with van der Waals surface area (Å²) in [6, 6.07) is 0. The molecule has 6 heteroatoms. The van der Waals surface area contributed by atoms with Gasteiger partial charge in [-0.3, -0.25) is 9.59 Å². The highest BCUT2D eigenvalue weighted by molar-refractivity contribution is 5.70. The van der Waals surface area contributed by atoms with Crippen LogP contribution in [0.5, 0.6) is 0 Å². The van der Waals surface area contributed by atoms with Gasteiger partial charge in [0.15, 0.2) is 6.10 Å². The van der Waals surface area contributed by atoms with Crippen molar-refractivity contribution in [3.05, 3.63) is 36.5 Å². The van der Waals surface area contributed by atoms with Crippen LogP contribution >= 0.6 is 0 Å². The topological polar surface area (TPSA) is 85.4 Å². The highest BCUT2D eigenvalue weighted by Gasteiger charge is 2.36. The minimum atomic E-state index is -0.792. The van der Waals surface area contributed by atoms with Crippen LogP contribution in [0.1, 0.15) is 174 Å². The number of epoxide rings is 1. The van der Waals surface area contributed by atoms with E-state index in [9.17, 15) is 14.7 Å². The van der Waals surface area contributed by atoms with Crippen molar-refractivity contribution in [1.29, 1.82) is 0 Å². The molecule has 1 aliphatic heterocycles. The van der Waals surface area contributed by atoms with E-state index in [1.807, 2.05) is 0 Å². The second-order valence-electron chi connectivity index (χ2n) is 13.0. The lowest BCUT2D eigenvalue weighted by Gasteiger charge is -2.15. The summed E-state index contributed by atoms with van der Waals surface area (Å²) in [5.41, 5.74) is 0.